The first-order valence-electron chi connectivity index (χ1n) is 15.0. The number of aliphatic carboxylic acids is 1. The second kappa shape index (κ2) is 16.3. The Morgan fingerprint density at radius 1 is 1.20 bits per heavy atom. The number of anilines is 1. The van der Waals surface area contributed by atoms with Gasteiger partial charge in [0.15, 0.2) is 10.8 Å². The standard InChI is InChI=1S/C28H38N10O10S2/c1-28(2)23(25(40)38(28)48-50(43,44)45)34-24(39)22(20-15-49-27(31)33-20)36-47-21(26(41)42)14-46-18-6-4-16(5-7-18)19-12-17(13-32-10-9-30)37(35-19)11-3-8-29/h4-7,12,15,21,23,32H,3,8-11,13-14,29-30H2,1-2H3,(H2,31,33)(H,34,39)(H,41,42)(H,43,44,45)/b36-22-/t21?,23-/m1/s1. The molecule has 2 atom stereocenters. The minimum Gasteiger partial charge on any atom is -0.489 e. The lowest BCUT2D eigenvalue weighted by Gasteiger charge is -2.50. The summed E-state index contributed by atoms with van der Waals surface area (Å²) in [6, 6.07) is 7.41. The number of carbonyl (C=O) groups excluding carboxylic acids is 2. The molecule has 22 heteroatoms. The lowest BCUT2D eigenvalue weighted by atomic mass is 9.84. The van der Waals surface area contributed by atoms with Gasteiger partial charge in [-0.1, -0.05) is 5.16 Å². The summed E-state index contributed by atoms with van der Waals surface area (Å²) in [5.74, 6) is -3.18. The molecule has 3 aromatic rings. The number of hydroxylamine groups is 2. The predicted octanol–water partition coefficient (Wildman–Crippen LogP) is -0.921. The molecule has 272 valence electrons. The normalized spacial score (nSPS) is 16.5. The van der Waals surface area contributed by atoms with Crippen LogP contribution in [-0.4, -0.2) is 105 Å². The van der Waals surface area contributed by atoms with Crippen molar-refractivity contribution in [3.63, 3.8) is 0 Å². The van der Waals surface area contributed by atoms with Crippen LogP contribution < -0.4 is 32.6 Å². The number of aromatic nitrogens is 3. The number of hydrogen-bond donors (Lipinski definition) is 7. The average Bonchev–Trinajstić information content (AvgIpc) is 3.68. The zero-order valence-corrected chi connectivity index (χ0v) is 28.6. The molecule has 1 aliphatic heterocycles. The highest BCUT2D eigenvalue weighted by Gasteiger charge is 2.58. The van der Waals surface area contributed by atoms with E-state index in [2.05, 4.69) is 25.1 Å². The van der Waals surface area contributed by atoms with Crippen molar-refractivity contribution in [2.45, 2.75) is 51.0 Å². The number of thiazole rings is 1. The van der Waals surface area contributed by atoms with Gasteiger partial charge >= 0.3 is 16.4 Å². The first-order chi connectivity index (χ1) is 23.6. The van der Waals surface area contributed by atoms with E-state index in [0.29, 0.717) is 43.5 Å². The summed E-state index contributed by atoms with van der Waals surface area (Å²) in [6.45, 7) is 5.10. The molecule has 0 aliphatic carbocycles. The second-order valence-corrected chi connectivity index (χ2v) is 13.2. The third kappa shape index (κ3) is 9.50. The number of nitrogen functional groups attached to an aromatic ring is 1. The van der Waals surface area contributed by atoms with Crippen LogP contribution in [0.3, 0.4) is 0 Å². The second-order valence-electron chi connectivity index (χ2n) is 11.3. The summed E-state index contributed by atoms with van der Waals surface area (Å²) in [7, 11) is -5.03. The molecule has 0 radical (unpaired) electrons. The van der Waals surface area contributed by atoms with E-state index in [9.17, 15) is 27.9 Å². The molecule has 2 aromatic heterocycles. The lowest BCUT2D eigenvalue weighted by Crippen LogP contribution is -2.76. The van der Waals surface area contributed by atoms with Crippen LogP contribution in [0.5, 0.6) is 5.75 Å². The summed E-state index contributed by atoms with van der Waals surface area (Å²) in [5, 5.41) is 25.6. The molecular weight excluding hydrogens is 701 g/mol. The number of rotatable bonds is 19. The molecule has 10 N–H and O–H groups in total. The number of ether oxygens (including phenoxy) is 1. The zero-order chi connectivity index (χ0) is 36.6. The van der Waals surface area contributed by atoms with Gasteiger partial charge in [-0.2, -0.15) is 18.6 Å². The zero-order valence-electron chi connectivity index (χ0n) is 27.0. The van der Waals surface area contributed by atoms with Crippen molar-refractivity contribution in [3.8, 4) is 17.0 Å². The predicted molar refractivity (Wildman–Crippen MR) is 179 cm³/mol. The first-order valence-corrected chi connectivity index (χ1v) is 17.3. The monoisotopic (exact) mass is 738 g/mol. The number of oxime groups is 1. The van der Waals surface area contributed by atoms with Gasteiger partial charge < -0.3 is 42.5 Å². The summed E-state index contributed by atoms with van der Waals surface area (Å²) in [6.07, 6.45) is -0.944. The third-order valence-electron chi connectivity index (χ3n) is 7.26. The molecule has 20 nitrogen and oxygen atoms in total. The van der Waals surface area contributed by atoms with Crippen molar-refractivity contribution in [1.82, 2.24) is 30.5 Å². The Morgan fingerprint density at radius 3 is 2.50 bits per heavy atom. The number of carboxylic acid groups (broad SMARTS) is 1. The average molecular weight is 739 g/mol. The van der Waals surface area contributed by atoms with E-state index in [4.69, 9.17) is 36.4 Å². The Hall–Kier alpha value is -4.71. The number of hydrogen-bond acceptors (Lipinski definition) is 16. The summed E-state index contributed by atoms with van der Waals surface area (Å²) in [4.78, 5) is 47.0. The topological polar surface area (TPSA) is 302 Å². The van der Waals surface area contributed by atoms with Gasteiger partial charge in [0.25, 0.3) is 17.9 Å². The Kier molecular flexibility index (Phi) is 12.4. The maximum Gasteiger partial charge on any atom is 0.418 e. The fourth-order valence-electron chi connectivity index (χ4n) is 4.67. The van der Waals surface area contributed by atoms with Crippen molar-refractivity contribution in [1.29, 1.82) is 0 Å². The van der Waals surface area contributed by atoms with Crippen LogP contribution in [0.4, 0.5) is 5.13 Å². The fraction of sp³-hybridized carbons (Fsp3) is 0.429. The van der Waals surface area contributed by atoms with Crippen molar-refractivity contribution in [2.75, 3.05) is 32.0 Å². The first kappa shape index (κ1) is 38.1. The molecule has 3 heterocycles. The number of nitrogens with two attached hydrogens (primary N) is 3. The molecule has 1 fully saturated rings. The minimum atomic E-state index is -5.03. The molecule has 1 aromatic carbocycles. The van der Waals surface area contributed by atoms with Crippen molar-refractivity contribution in [3.05, 3.63) is 47.1 Å². The molecule has 1 unspecified atom stereocenters. The summed E-state index contributed by atoms with van der Waals surface area (Å²) < 4.78 is 43.0. The smallest absolute Gasteiger partial charge is 0.418 e. The summed E-state index contributed by atoms with van der Waals surface area (Å²) >= 11 is 0.954. The van der Waals surface area contributed by atoms with Gasteiger partial charge in [0.05, 0.1) is 16.9 Å². The van der Waals surface area contributed by atoms with Crippen molar-refractivity contribution < 1.29 is 46.3 Å². The van der Waals surface area contributed by atoms with E-state index in [1.54, 1.807) is 24.3 Å². The molecular formula is C28H38N10O10S2. The molecule has 1 aliphatic rings. The van der Waals surface area contributed by atoms with Gasteiger partial charge in [-0.05, 0) is 57.1 Å². The maximum absolute atomic E-state index is 13.3. The summed E-state index contributed by atoms with van der Waals surface area (Å²) in [5.41, 5.74) is 17.4. The highest BCUT2D eigenvalue weighted by atomic mass is 32.3. The molecule has 0 bridgehead atoms. The number of aryl methyl sites for hydroxylation is 1. The van der Waals surface area contributed by atoms with E-state index in [0.717, 1.165) is 34.7 Å². The molecule has 0 saturated carbocycles. The van der Waals surface area contributed by atoms with Gasteiger partial charge in [0.1, 0.15) is 24.1 Å². The van der Waals surface area contributed by atoms with Crippen molar-refractivity contribution >= 4 is 50.4 Å². The molecule has 4 rings (SSSR count). The van der Waals surface area contributed by atoms with Crippen molar-refractivity contribution in [2.24, 2.45) is 16.6 Å². The van der Waals surface area contributed by atoms with E-state index in [1.807, 2.05) is 10.7 Å². The number of nitrogens with zero attached hydrogens (tertiary/aromatic N) is 5. The van der Waals surface area contributed by atoms with Crippen LogP contribution in [0, 0.1) is 0 Å². The van der Waals surface area contributed by atoms with E-state index >= 15 is 0 Å². The maximum atomic E-state index is 13.3. The Balaban J connectivity index is 1.44. The van der Waals surface area contributed by atoms with Gasteiger partial charge in [-0.15, -0.1) is 15.6 Å². The van der Waals surface area contributed by atoms with Gasteiger partial charge in [-0.25, -0.2) is 9.78 Å². The Morgan fingerprint density at radius 2 is 1.92 bits per heavy atom. The Labute approximate surface area is 290 Å². The van der Waals surface area contributed by atoms with Crippen LogP contribution in [0.2, 0.25) is 0 Å². The van der Waals surface area contributed by atoms with Crippen LogP contribution in [0.15, 0.2) is 40.9 Å². The van der Waals surface area contributed by atoms with E-state index < -0.39 is 58.2 Å². The SMILES string of the molecule is CC1(C)[C@H](NC(=O)/C(=N\OC(COc2ccc(-c3cc(CNCCN)n(CCCN)n3)cc2)C(=O)O)c2csc(N)n2)C(=O)N1OS(=O)(=O)O. The van der Waals surface area contributed by atoms with Gasteiger partial charge in [-0.3, -0.25) is 18.8 Å². The highest BCUT2D eigenvalue weighted by Crippen LogP contribution is 2.33. The lowest BCUT2D eigenvalue weighted by molar-refractivity contribution is -0.218. The number of nitrogens with one attached hydrogen (secondary N) is 2. The number of carboxylic acids is 1. The highest BCUT2D eigenvalue weighted by molar-refractivity contribution is 7.80. The van der Waals surface area contributed by atoms with Crippen LogP contribution in [0.25, 0.3) is 11.3 Å². The van der Waals surface area contributed by atoms with E-state index in [-0.39, 0.29) is 10.8 Å². The third-order valence-corrected chi connectivity index (χ3v) is 8.27. The van der Waals surface area contributed by atoms with Crippen LogP contribution >= 0.6 is 11.3 Å². The fourth-order valence-corrected chi connectivity index (χ4v) is 5.67. The number of β-lactam (4-membered cyclic amide) rings is 1. The minimum absolute atomic E-state index is 0.0525. The van der Waals surface area contributed by atoms with Gasteiger partial charge in [0, 0.05) is 37.1 Å². The number of carbonyl (C=O) groups is 3. The van der Waals surface area contributed by atoms with Crippen LogP contribution in [-0.2, 0) is 47.0 Å². The van der Waals surface area contributed by atoms with Gasteiger partial charge in [0.2, 0.25) is 0 Å². The number of amides is 2. The number of benzene rings is 1. The molecule has 2 amide bonds. The molecule has 1 saturated heterocycles. The van der Waals surface area contributed by atoms with Crippen LogP contribution in [0.1, 0.15) is 31.7 Å². The largest absolute Gasteiger partial charge is 0.489 e. The molecule has 0 spiro atoms. The van der Waals surface area contributed by atoms with E-state index in [1.165, 1.54) is 19.2 Å². The molecule has 50 heavy (non-hydrogen) atoms. The Bertz CT molecular complexity index is 1810. The quantitative estimate of drug-likeness (QED) is 0.0257.